The number of ether oxygens (including phenoxy) is 1. The highest BCUT2D eigenvalue weighted by Crippen LogP contribution is 2.41. The molecule has 2 atom stereocenters. The molecule has 0 saturated heterocycles. The van der Waals surface area contributed by atoms with Crippen molar-refractivity contribution in [2.75, 3.05) is 14.2 Å². The lowest BCUT2D eigenvalue weighted by Crippen LogP contribution is -2.19. The Hall–Kier alpha value is -1.72. The van der Waals surface area contributed by atoms with Gasteiger partial charge in [0.25, 0.3) is 0 Å². The molecule has 21 heavy (non-hydrogen) atoms. The van der Waals surface area contributed by atoms with Crippen molar-refractivity contribution in [3.8, 4) is 0 Å². The Balaban J connectivity index is 1.71. The van der Waals surface area contributed by atoms with Crippen molar-refractivity contribution >= 4 is 0 Å². The van der Waals surface area contributed by atoms with Gasteiger partial charge in [0.1, 0.15) is 6.10 Å². The van der Waals surface area contributed by atoms with Crippen molar-refractivity contribution < 1.29 is 9.26 Å². The van der Waals surface area contributed by atoms with Crippen LogP contribution < -0.4 is 5.32 Å². The second-order valence-corrected chi connectivity index (χ2v) is 5.50. The Morgan fingerprint density at radius 3 is 2.71 bits per heavy atom. The molecule has 5 heteroatoms. The summed E-state index contributed by atoms with van der Waals surface area (Å²) in [6, 6.07) is 10.4. The van der Waals surface area contributed by atoms with Gasteiger partial charge in [-0.15, -0.1) is 0 Å². The van der Waals surface area contributed by atoms with E-state index in [-0.39, 0.29) is 12.1 Å². The molecule has 2 unspecified atom stereocenters. The van der Waals surface area contributed by atoms with Gasteiger partial charge in [-0.3, -0.25) is 0 Å². The van der Waals surface area contributed by atoms with Crippen molar-refractivity contribution in [2.45, 2.75) is 31.4 Å². The standard InChI is InChI=1S/C16H21N3O2/c1-17-13(11-6-4-3-5-7-11)10-14-18-16(19-21-14)15(20-2)12-8-9-12/h3-7,12-13,15,17H,8-10H2,1-2H3. The summed E-state index contributed by atoms with van der Waals surface area (Å²) >= 11 is 0. The quantitative estimate of drug-likeness (QED) is 0.848. The molecule has 1 heterocycles. The van der Waals surface area contributed by atoms with Crippen LogP contribution in [0, 0.1) is 5.92 Å². The molecular weight excluding hydrogens is 266 g/mol. The number of hydrogen-bond acceptors (Lipinski definition) is 5. The molecule has 0 spiro atoms. The highest BCUT2D eigenvalue weighted by Gasteiger charge is 2.35. The van der Waals surface area contributed by atoms with Gasteiger partial charge in [-0.25, -0.2) is 0 Å². The second-order valence-electron chi connectivity index (χ2n) is 5.50. The molecule has 3 rings (SSSR count). The molecule has 1 aliphatic rings. The van der Waals surface area contributed by atoms with Gasteiger partial charge < -0.3 is 14.6 Å². The molecular formula is C16H21N3O2. The van der Waals surface area contributed by atoms with Crippen LogP contribution in [-0.4, -0.2) is 24.3 Å². The average Bonchev–Trinajstić information content (AvgIpc) is 3.25. The van der Waals surface area contributed by atoms with E-state index in [0.717, 1.165) is 0 Å². The molecule has 1 saturated carbocycles. The first kappa shape index (κ1) is 14.2. The Kier molecular flexibility index (Phi) is 4.31. The number of likely N-dealkylation sites (N-methyl/N-ethyl adjacent to an activating group) is 1. The van der Waals surface area contributed by atoms with Crippen molar-refractivity contribution in [1.29, 1.82) is 0 Å². The van der Waals surface area contributed by atoms with Crippen LogP contribution in [0.25, 0.3) is 0 Å². The third kappa shape index (κ3) is 3.31. The zero-order valence-corrected chi connectivity index (χ0v) is 12.5. The smallest absolute Gasteiger partial charge is 0.228 e. The van der Waals surface area contributed by atoms with Gasteiger partial charge in [0.05, 0.1) is 0 Å². The average molecular weight is 287 g/mol. The van der Waals surface area contributed by atoms with E-state index in [1.165, 1.54) is 18.4 Å². The zero-order chi connectivity index (χ0) is 14.7. The Labute approximate surface area is 124 Å². The van der Waals surface area contributed by atoms with Crippen LogP contribution in [0.1, 0.15) is 42.3 Å². The molecule has 1 aliphatic carbocycles. The lowest BCUT2D eigenvalue weighted by Gasteiger charge is -2.14. The largest absolute Gasteiger partial charge is 0.373 e. The summed E-state index contributed by atoms with van der Waals surface area (Å²) in [5.41, 5.74) is 1.21. The number of methoxy groups -OCH3 is 1. The van der Waals surface area contributed by atoms with E-state index in [4.69, 9.17) is 9.26 Å². The number of nitrogens with one attached hydrogen (secondary N) is 1. The van der Waals surface area contributed by atoms with Crippen LogP contribution in [0.2, 0.25) is 0 Å². The molecule has 0 amide bonds. The minimum atomic E-state index is -0.0211. The van der Waals surface area contributed by atoms with E-state index in [2.05, 4.69) is 27.6 Å². The summed E-state index contributed by atoms with van der Waals surface area (Å²) in [6.45, 7) is 0. The van der Waals surface area contributed by atoms with Crippen molar-refractivity contribution in [2.24, 2.45) is 5.92 Å². The van der Waals surface area contributed by atoms with E-state index < -0.39 is 0 Å². The topological polar surface area (TPSA) is 60.2 Å². The number of aromatic nitrogens is 2. The van der Waals surface area contributed by atoms with E-state index >= 15 is 0 Å². The van der Waals surface area contributed by atoms with Gasteiger partial charge in [-0.1, -0.05) is 35.5 Å². The molecule has 1 aromatic carbocycles. The molecule has 1 N–H and O–H groups in total. The second kappa shape index (κ2) is 6.37. The first-order valence-electron chi connectivity index (χ1n) is 7.39. The fraction of sp³-hybridized carbons (Fsp3) is 0.500. The molecule has 0 aliphatic heterocycles. The number of rotatable bonds is 7. The predicted molar refractivity (Wildman–Crippen MR) is 78.7 cm³/mol. The van der Waals surface area contributed by atoms with Crippen molar-refractivity contribution in [1.82, 2.24) is 15.5 Å². The molecule has 5 nitrogen and oxygen atoms in total. The summed E-state index contributed by atoms with van der Waals surface area (Å²) in [6.07, 6.45) is 3.03. The Morgan fingerprint density at radius 2 is 2.10 bits per heavy atom. The van der Waals surface area contributed by atoms with Gasteiger partial charge in [0.2, 0.25) is 11.7 Å². The van der Waals surface area contributed by atoms with Gasteiger partial charge >= 0.3 is 0 Å². The summed E-state index contributed by atoms with van der Waals surface area (Å²) in [7, 11) is 3.65. The molecule has 0 bridgehead atoms. The number of benzene rings is 1. The molecule has 1 aromatic heterocycles. The summed E-state index contributed by atoms with van der Waals surface area (Å²) in [5.74, 6) is 1.88. The first-order chi connectivity index (χ1) is 10.3. The van der Waals surface area contributed by atoms with Gasteiger partial charge in [-0.2, -0.15) is 4.98 Å². The summed E-state index contributed by atoms with van der Waals surface area (Å²) < 4.78 is 10.9. The van der Waals surface area contributed by atoms with Gasteiger partial charge in [0.15, 0.2) is 0 Å². The van der Waals surface area contributed by atoms with E-state index in [9.17, 15) is 0 Å². The third-order valence-electron chi connectivity index (χ3n) is 3.97. The highest BCUT2D eigenvalue weighted by atomic mass is 16.5. The maximum Gasteiger partial charge on any atom is 0.228 e. The van der Waals surface area contributed by atoms with Crippen LogP contribution in [0.3, 0.4) is 0 Å². The highest BCUT2D eigenvalue weighted by molar-refractivity contribution is 5.19. The molecule has 2 aromatic rings. The number of hydrogen-bond donors (Lipinski definition) is 1. The minimum Gasteiger partial charge on any atom is -0.373 e. The van der Waals surface area contributed by atoms with E-state index in [1.54, 1.807) is 7.11 Å². The van der Waals surface area contributed by atoms with Crippen LogP contribution in [-0.2, 0) is 11.2 Å². The van der Waals surface area contributed by atoms with Crippen molar-refractivity contribution in [3.63, 3.8) is 0 Å². The Morgan fingerprint density at radius 1 is 1.33 bits per heavy atom. The fourth-order valence-electron chi connectivity index (χ4n) is 2.62. The van der Waals surface area contributed by atoms with Gasteiger partial charge in [0, 0.05) is 19.6 Å². The van der Waals surface area contributed by atoms with E-state index in [0.29, 0.717) is 24.1 Å². The summed E-state index contributed by atoms with van der Waals surface area (Å²) in [5, 5.41) is 7.39. The first-order valence-corrected chi connectivity index (χ1v) is 7.39. The van der Waals surface area contributed by atoms with Crippen LogP contribution in [0.15, 0.2) is 34.9 Å². The van der Waals surface area contributed by atoms with Crippen LogP contribution in [0.4, 0.5) is 0 Å². The lowest BCUT2D eigenvalue weighted by atomic mass is 10.0. The SMILES string of the molecule is CNC(Cc1nc(C(OC)C2CC2)no1)c1ccccc1. The zero-order valence-electron chi connectivity index (χ0n) is 12.5. The molecule has 0 radical (unpaired) electrons. The monoisotopic (exact) mass is 287 g/mol. The molecule has 112 valence electrons. The number of nitrogens with zero attached hydrogens (tertiary/aromatic N) is 2. The Bertz CT molecular complexity index is 566. The van der Waals surface area contributed by atoms with Crippen LogP contribution >= 0.6 is 0 Å². The normalized spacial score (nSPS) is 17.6. The minimum absolute atomic E-state index is 0.0211. The summed E-state index contributed by atoms with van der Waals surface area (Å²) in [4.78, 5) is 4.51. The molecule has 1 fully saturated rings. The predicted octanol–water partition coefficient (Wildman–Crippen LogP) is 2.67. The third-order valence-corrected chi connectivity index (χ3v) is 3.97. The van der Waals surface area contributed by atoms with Crippen molar-refractivity contribution in [3.05, 3.63) is 47.6 Å². The van der Waals surface area contributed by atoms with Crippen LogP contribution in [0.5, 0.6) is 0 Å². The maximum absolute atomic E-state index is 5.49. The van der Waals surface area contributed by atoms with E-state index in [1.807, 2.05) is 25.2 Å². The lowest BCUT2D eigenvalue weighted by molar-refractivity contribution is 0.0751. The maximum atomic E-state index is 5.49. The fourth-order valence-corrected chi connectivity index (χ4v) is 2.62. The van der Waals surface area contributed by atoms with Gasteiger partial charge in [-0.05, 0) is 31.4 Å².